The Morgan fingerprint density at radius 3 is 1.95 bits per heavy atom. The van der Waals surface area contributed by atoms with Crippen LogP contribution in [0.5, 0.6) is 0 Å². The average Bonchev–Trinajstić information content (AvgIpc) is 2.98. The van der Waals surface area contributed by atoms with Crippen LogP contribution in [-0.4, -0.2) is 23.4 Å². The summed E-state index contributed by atoms with van der Waals surface area (Å²) in [7, 11) is 0. The van der Waals surface area contributed by atoms with Crippen molar-refractivity contribution in [2.24, 2.45) is 0 Å². The van der Waals surface area contributed by atoms with Crippen molar-refractivity contribution in [2.75, 3.05) is 6.54 Å². The summed E-state index contributed by atoms with van der Waals surface area (Å²) in [5, 5.41) is 0. The third kappa shape index (κ3) is 2.35. The van der Waals surface area contributed by atoms with E-state index in [1.165, 1.54) is 11.1 Å². The van der Waals surface area contributed by atoms with Gasteiger partial charge in [-0.3, -0.25) is 4.79 Å². The Labute approximate surface area is 132 Å². The van der Waals surface area contributed by atoms with Gasteiger partial charge in [0.15, 0.2) is 0 Å². The standard InChI is InChI=1S/C20H21NO/c1-3-19-14-20(15-21(19)16(2)22,17-10-6-4-7-11-17)18-12-8-5-9-13-18/h3-13,19H,1,14-15H2,2H3. The predicted octanol–water partition coefficient (Wildman–Crippen LogP) is 3.78. The lowest BCUT2D eigenvalue weighted by Gasteiger charge is -2.30. The summed E-state index contributed by atoms with van der Waals surface area (Å²) < 4.78 is 0. The van der Waals surface area contributed by atoms with E-state index in [4.69, 9.17) is 0 Å². The molecule has 0 saturated carbocycles. The molecule has 1 fully saturated rings. The molecule has 22 heavy (non-hydrogen) atoms. The molecule has 1 aliphatic rings. The molecule has 1 unspecified atom stereocenters. The molecule has 3 rings (SSSR count). The molecule has 1 heterocycles. The van der Waals surface area contributed by atoms with Crippen LogP contribution in [0.3, 0.4) is 0 Å². The van der Waals surface area contributed by atoms with Gasteiger partial charge in [0.05, 0.1) is 6.04 Å². The molecule has 1 aliphatic heterocycles. The van der Waals surface area contributed by atoms with Crippen molar-refractivity contribution in [3.05, 3.63) is 84.4 Å². The number of hydrogen-bond donors (Lipinski definition) is 0. The average molecular weight is 291 g/mol. The van der Waals surface area contributed by atoms with Crippen LogP contribution in [0.25, 0.3) is 0 Å². The van der Waals surface area contributed by atoms with Crippen molar-refractivity contribution in [3.63, 3.8) is 0 Å². The Morgan fingerprint density at radius 2 is 1.59 bits per heavy atom. The molecule has 2 aromatic carbocycles. The second-order valence-electron chi connectivity index (χ2n) is 5.97. The molecule has 112 valence electrons. The Kier molecular flexibility index (Phi) is 3.84. The molecule has 1 saturated heterocycles. The molecule has 1 amide bonds. The van der Waals surface area contributed by atoms with Crippen molar-refractivity contribution in [1.29, 1.82) is 0 Å². The van der Waals surface area contributed by atoms with Gasteiger partial charge in [-0.15, -0.1) is 6.58 Å². The maximum absolute atomic E-state index is 12.0. The van der Waals surface area contributed by atoms with Crippen molar-refractivity contribution < 1.29 is 4.79 Å². The summed E-state index contributed by atoms with van der Waals surface area (Å²) in [5.41, 5.74) is 2.36. The lowest BCUT2D eigenvalue weighted by molar-refractivity contribution is -0.129. The first kappa shape index (κ1) is 14.6. The van der Waals surface area contributed by atoms with Crippen LogP contribution in [-0.2, 0) is 10.2 Å². The van der Waals surface area contributed by atoms with Gasteiger partial charge in [-0.05, 0) is 17.5 Å². The fraction of sp³-hybridized carbons (Fsp3) is 0.250. The lowest BCUT2D eigenvalue weighted by Crippen LogP contribution is -2.35. The van der Waals surface area contributed by atoms with E-state index in [9.17, 15) is 4.79 Å². The molecule has 0 spiro atoms. The van der Waals surface area contributed by atoms with E-state index in [0.717, 1.165) is 6.42 Å². The van der Waals surface area contributed by atoms with Crippen LogP contribution in [0.15, 0.2) is 73.3 Å². The molecule has 2 nitrogen and oxygen atoms in total. The Morgan fingerprint density at radius 1 is 1.09 bits per heavy atom. The van der Waals surface area contributed by atoms with Crippen molar-refractivity contribution in [1.82, 2.24) is 4.90 Å². The fourth-order valence-electron chi connectivity index (χ4n) is 3.59. The molecule has 2 aromatic rings. The van der Waals surface area contributed by atoms with E-state index < -0.39 is 0 Å². The van der Waals surface area contributed by atoms with Crippen molar-refractivity contribution in [2.45, 2.75) is 24.8 Å². The van der Waals surface area contributed by atoms with Gasteiger partial charge in [0.2, 0.25) is 5.91 Å². The maximum atomic E-state index is 12.0. The highest BCUT2D eigenvalue weighted by atomic mass is 16.2. The minimum Gasteiger partial charge on any atom is -0.335 e. The number of nitrogens with zero attached hydrogens (tertiary/aromatic N) is 1. The smallest absolute Gasteiger partial charge is 0.219 e. The van der Waals surface area contributed by atoms with Crippen LogP contribution in [0.1, 0.15) is 24.5 Å². The van der Waals surface area contributed by atoms with Gasteiger partial charge in [-0.2, -0.15) is 0 Å². The first-order chi connectivity index (χ1) is 10.7. The quantitative estimate of drug-likeness (QED) is 0.788. The molecular weight excluding hydrogens is 270 g/mol. The van der Waals surface area contributed by atoms with Crippen LogP contribution < -0.4 is 0 Å². The van der Waals surface area contributed by atoms with E-state index >= 15 is 0 Å². The van der Waals surface area contributed by atoms with Crippen LogP contribution >= 0.6 is 0 Å². The number of benzene rings is 2. The molecule has 0 radical (unpaired) electrons. The summed E-state index contributed by atoms with van der Waals surface area (Å²) >= 11 is 0. The molecule has 2 heteroatoms. The molecule has 0 aromatic heterocycles. The molecular formula is C20H21NO. The summed E-state index contributed by atoms with van der Waals surface area (Å²) in [5.74, 6) is 0.110. The van der Waals surface area contributed by atoms with Gasteiger partial charge in [0.25, 0.3) is 0 Å². The van der Waals surface area contributed by atoms with Gasteiger partial charge < -0.3 is 4.90 Å². The number of carbonyl (C=O) groups excluding carboxylic acids is 1. The summed E-state index contributed by atoms with van der Waals surface area (Å²) in [6, 6.07) is 21.1. The third-order valence-electron chi connectivity index (χ3n) is 4.73. The lowest BCUT2D eigenvalue weighted by atomic mass is 9.73. The molecule has 0 N–H and O–H groups in total. The Bertz CT molecular complexity index is 623. The first-order valence-electron chi connectivity index (χ1n) is 7.68. The van der Waals surface area contributed by atoms with Crippen molar-refractivity contribution in [3.8, 4) is 0 Å². The highest BCUT2D eigenvalue weighted by molar-refractivity contribution is 5.75. The fourth-order valence-corrected chi connectivity index (χ4v) is 3.59. The summed E-state index contributed by atoms with van der Waals surface area (Å²) in [6.07, 6.45) is 2.78. The topological polar surface area (TPSA) is 20.3 Å². The number of rotatable bonds is 3. The van der Waals surface area contributed by atoms with Crippen LogP contribution in [0.2, 0.25) is 0 Å². The largest absolute Gasteiger partial charge is 0.335 e. The van der Waals surface area contributed by atoms with Crippen molar-refractivity contribution >= 4 is 5.91 Å². The SMILES string of the molecule is C=CC1CC(c2ccccc2)(c2ccccc2)CN1C(C)=O. The normalized spacial score (nSPS) is 19.9. The zero-order valence-corrected chi connectivity index (χ0v) is 12.9. The predicted molar refractivity (Wildman–Crippen MR) is 89.7 cm³/mol. The minimum atomic E-state index is -0.160. The maximum Gasteiger partial charge on any atom is 0.219 e. The zero-order chi connectivity index (χ0) is 15.6. The third-order valence-corrected chi connectivity index (χ3v) is 4.73. The second kappa shape index (κ2) is 5.80. The summed E-state index contributed by atoms with van der Waals surface area (Å²) in [6.45, 7) is 6.28. The molecule has 0 bridgehead atoms. The number of likely N-dealkylation sites (tertiary alicyclic amines) is 1. The molecule has 0 aliphatic carbocycles. The molecule has 1 atom stereocenters. The highest BCUT2D eigenvalue weighted by Gasteiger charge is 2.46. The Balaban J connectivity index is 2.14. The van der Waals surface area contributed by atoms with Gasteiger partial charge in [-0.1, -0.05) is 66.7 Å². The monoisotopic (exact) mass is 291 g/mol. The summed E-state index contributed by atoms with van der Waals surface area (Å²) in [4.78, 5) is 14.0. The second-order valence-corrected chi connectivity index (χ2v) is 5.97. The van der Waals surface area contributed by atoms with Gasteiger partial charge >= 0.3 is 0 Å². The van der Waals surface area contributed by atoms with E-state index in [2.05, 4.69) is 55.1 Å². The Hall–Kier alpha value is -2.35. The van der Waals surface area contributed by atoms with Gasteiger partial charge in [0, 0.05) is 18.9 Å². The van der Waals surface area contributed by atoms with Crippen LogP contribution in [0.4, 0.5) is 0 Å². The van der Waals surface area contributed by atoms with Crippen LogP contribution in [0, 0.1) is 0 Å². The minimum absolute atomic E-state index is 0.0814. The van der Waals surface area contributed by atoms with E-state index in [-0.39, 0.29) is 17.4 Å². The van der Waals surface area contributed by atoms with E-state index in [1.807, 2.05) is 23.1 Å². The van der Waals surface area contributed by atoms with E-state index in [1.54, 1.807) is 6.92 Å². The first-order valence-corrected chi connectivity index (χ1v) is 7.68. The number of hydrogen-bond acceptors (Lipinski definition) is 1. The van der Waals surface area contributed by atoms with Gasteiger partial charge in [-0.25, -0.2) is 0 Å². The number of amides is 1. The van der Waals surface area contributed by atoms with E-state index in [0.29, 0.717) is 6.54 Å². The van der Waals surface area contributed by atoms with Gasteiger partial charge in [0.1, 0.15) is 0 Å². The number of carbonyl (C=O) groups is 1. The highest BCUT2D eigenvalue weighted by Crippen LogP contribution is 2.43. The zero-order valence-electron chi connectivity index (χ0n) is 12.9.